The van der Waals surface area contributed by atoms with E-state index in [0.717, 1.165) is 5.56 Å². The van der Waals surface area contributed by atoms with E-state index >= 15 is 0 Å². The van der Waals surface area contributed by atoms with Crippen molar-refractivity contribution in [2.45, 2.75) is 0 Å². The van der Waals surface area contributed by atoms with Crippen LogP contribution in [0.15, 0.2) is 57.9 Å². The number of anilines is 1. The second-order valence-corrected chi connectivity index (χ2v) is 8.44. The lowest BCUT2D eigenvalue weighted by molar-refractivity contribution is -0.384. The second-order valence-electron chi connectivity index (χ2n) is 6.55. The summed E-state index contributed by atoms with van der Waals surface area (Å²) in [5, 5.41) is 20.5. The van der Waals surface area contributed by atoms with Gasteiger partial charge in [0.25, 0.3) is 11.6 Å². The number of non-ortho nitro benzene ring substituents is 1. The number of benzene rings is 2. The third kappa shape index (κ3) is 4.13. The van der Waals surface area contributed by atoms with Crippen LogP contribution in [0.1, 0.15) is 5.56 Å². The van der Waals surface area contributed by atoms with Gasteiger partial charge in [0.05, 0.1) is 15.5 Å². The lowest BCUT2D eigenvalue weighted by atomic mass is 10.1. The van der Waals surface area contributed by atoms with Crippen LogP contribution in [0.4, 0.5) is 10.8 Å². The van der Waals surface area contributed by atoms with E-state index in [4.69, 9.17) is 9.47 Å². The monoisotopic (exact) mass is 467 g/mol. The fraction of sp³-hybridized carbons (Fsp3) is 0.0500. The number of nitrogens with one attached hydrogen (secondary N) is 2. The van der Waals surface area contributed by atoms with E-state index in [0.29, 0.717) is 38.0 Å². The summed E-state index contributed by atoms with van der Waals surface area (Å²) in [6.07, 6.45) is 1.74. The second kappa shape index (κ2) is 8.32. The quantitative estimate of drug-likeness (QED) is 0.327. The molecule has 12 heteroatoms. The number of nitrogens with zero attached hydrogens (tertiary/aromatic N) is 3. The molecule has 10 nitrogen and oxygen atoms in total. The Kier molecular flexibility index (Phi) is 5.21. The van der Waals surface area contributed by atoms with Gasteiger partial charge in [-0.3, -0.25) is 25.7 Å². The molecular formula is C20H13N5O5S2. The molecule has 32 heavy (non-hydrogen) atoms. The molecule has 3 heterocycles. The molecule has 5 rings (SSSR count). The SMILES string of the molecule is O=C1N/C(=N\Nc2nc(-c3cccc([N+](=O)[O-])c3)cs2)SC1=Cc1ccc2c(c1)OCO2. The molecule has 0 atom stereocenters. The lowest BCUT2D eigenvalue weighted by Crippen LogP contribution is -2.20. The number of nitro benzene ring substituents is 1. The number of hydrogen-bond donors (Lipinski definition) is 2. The summed E-state index contributed by atoms with van der Waals surface area (Å²) in [4.78, 5) is 27.7. The van der Waals surface area contributed by atoms with Crippen LogP contribution in [0.2, 0.25) is 0 Å². The number of carbonyl (C=O) groups is 1. The number of hydrazone groups is 1. The predicted molar refractivity (Wildman–Crippen MR) is 122 cm³/mol. The fourth-order valence-electron chi connectivity index (χ4n) is 2.97. The Hall–Kier alpha value is -3.90. The van der Waals surface area contributed by atoms with Crippen molar-refractivity contribution in [2.75, 3.05) is 12.2 Å². The maximum absolute atomic E-state index is 12.3. The number of thiazole rings is 1. The molecule has 2 aliphatic rings. The average Bonchev–Trinajstić information content (AvgIpc) is 3.52. The van der Waals surface area contributed by atoms with E-state index in [2.05, 4.69) is 20.8 Å². The van der Waals surface area contributed by atoms with Crippen LogP contribution in [-0.2, 0) is 4.79 Å². The zero-order chi connectivity index (χ0) is 22.1. The minimum atomic E-state index is -0.449. The first-order valence-corrected chi connectivity index (χ1v) is 10.9. The molecule has 2 N–H and O–H groups in total. The highest BCUT2D eigenvalue weighted by Crippen LogP contribution is 2.34. The van der Waals surface area contributed by atoms with E-state index in [-0.39, 0.29) is 18.4 Å². The summed E-state index contributed by atoms with van der Waals surface area (Å²) in [6.45, 7) is 0.187. The number of amides is 1. The molecule has 0 spiro atoms. The summed E-state index contributed by atoms with van der Waals surface area (Å²) in [5.74, 6) is 1.06. The molecular weight excluding hydrogens is 454 g/mol. The number of ether oxygens (including phenoxy) is 2. The molecule has 160 valence electrons. The standard InChI is InChI=1S/C20H13N5O5S2/c26-18-17(7-11-4-5-15-16(6-11)30-10-29-15)32-20(22-18)24-23-19-21-14(9-31-19)12-2-1-3-13(8-12)25(27)28/h1-9H,10H2,(H,21,23)(H,22,24,26). The van der Waals surface area contributed by atoms with Gasteiger partial charge in [0.15, 0.2) is 16.7 Å². The van der Waals surface area contributed by atoms with Gasteiger partial charge in [-0.15, -0.1) is 16.4 Å². The first-order chi connectivity index (χ1) is 15.5. The van der Waals surface area contributed by atoms with Gasteiger partial charge in [0, 0.05) is 23.1 Å². The summed E-state index contributed by atoms with van der Waals surface area (Å²) in [5.41, 5.74) is 4.84. The zero-order valence-electron chi connectivity index (χ0n) is 16.1. The number of rotatable bonds is 5. The van der Waals surface area contributed by atoms with Crippen molar-refractivity contribution in [3.05, 3.63) is 68.4 Å². The van der Waals surface area contributed by atoms with Gasteiger partial charge in [-0.05, 0) is 35.5 Å². The molecule has 2 aromatic carbocycles. The zero-order valence-corrected chi connectivity index (χ0v) is 17.7. The predicted octanol–water partition coefficient (Wildman–Crippen LogP) is 4.03. The smallest absolute Gasteiger partial charge is 0.270 e. The summed E-state index contributed by atoms with van der Waals surface area (Å²) in [6, 6.07) is 11.7. The summed E-state index contributed by atoms with van der Waals surface area (Å²) >= 11 is 2.49. The lowest BCUT2D eigenvalue weighted by Gasteiger charge is -1.98. The normalized spacial score (nSPS) is 17.1. The van der Waals surface area contributed by atoms with Crippen LogP contribution < -0.4 is 20.2 Å². The Morgan fingerprint density at radius 2 is 2.09 bits per heavy atom. The van der Waals surface area contributed by atoms with Gasteiger partial charge in [-0.1, -0.05) is 18.2 Å². The number of carbonyl (C=O) groups excluding carboxylic acids is 1. The van der Waals surface area contributed by atoms with Crippen molar-refractivity contribution in [3.8, 4) is 22.8 Å². The number of aromatic nitrogens is 1. The van der Waals surface area contributed by atoms with Gasteiger partial charge in [-0.25, -0.2) is 4.98 Å². The molecule has 2 aliphatic heterocycles. The van der Waals surface area contributed by atoms with Crippen LogP contribution in [-0.4, -0.2) is 27.8 Å². The Bertz CT molecular complexity index is 1300. The molecule has 3 aromatic rings. The molecule has 0 unspecified atom stereocenters. The molecule has 1 saturated heterocycles. The minimum Gasteiger partial charge on any atom is -0.454 e. The van der Waals surface area contributed by atoms with Crippen LogP contribution >= 0.6 is 23.1 Å². The number of fused-ring (bicyclic) bond motifs is 1. The Morgan fingerprint density at radius 1 is 1.22 bits per heavy atom. The molecule has 0 bridgehead atoms. The van der Waals surface area contributed by atoms with Crippen molar-refractivity contribution >= 4 is 51.1 Å². The van der Waals surface area contributed by atoms with Gasteiger partial charge in [-0.2, -0.15) is 0 Å². The summed E-state index contributed by atoms with van der Waals surface area (Å²) < 4.78 is 10.7. The Balaban J connectivity index is 1.27. The van der Waals surface area contributed by atoms with Crippen LogP contribution in [0.3, 0.4) is 0 Å². The van der Waals surface area contributed by atoms with Crippen LogP contribution in [0.5, 0.6) is 11.5 Å². The van der Waals surface area contributed by atoms with Crippen molar-refractivity contribution < 1.29 is 19.2 Å². The first-order valence-electron chi connectivity index (χ1n) is 9.20. The molecule has 1 amide bonds. The van der Waals surface area contributed by atoms with Crippen molar-refractivity contribution in [3.63, 3.8) is 0 Å². The number of thioether (sulfide) groups is 1. The molecule has 1 aromatic heterocycles. The maximum Gasteiger partial charge on any atom is 0.270 e. The largest absolute Gasteiger partial charge is 0.454 e. The summed E-state index contributed by atoms with van der Waals surface area (Å²) in [7, 11) is 0. The molecule has 0 radical (unpaired) electrons. The fourth-order valence-corrected chi connectivity index (χ4v) is 4.41. The molecule has 0 aliphatic carbocycles. The minimum absolute atomic E-state index is 0.00269. The van der Waals surface area contributed by atoms with Gasteiger partial charge in [0.1, 0.15) is 0 Å². The number of amidine groups is 1. The van der Waals surface area contributed by atoms with Crippen molar-refractivity contribution in [2.24, 2.45) is 5.10 Å². The van der Waals surface area contributed by atoms with Gasteiger partial charge in [0.2, 0.25) is 11.9 Å². The Labute approximate surface area is 189 Å². The topological polar surface area (TPSA) is 128 Å². The Morgan fingerprint density at radius 3 is 2.97 bits per heavy atom. The third-order valence-electron chi connectivity index (χ3n) is 4.46. The highest BCUT2D eigenvalue weighted by Gasteiger charge is 2.24. The maximum atomic E-state index is 12.3. The van der Waals surface area contributed by atoms with Gasteiger partial charge < -0.3 is 9.47 Å². The van der Waals surface area contributed by atoms with E-state index in [9.17, 15) is 14.9 Å². The average molecular weight is 467 g/mol. The third-order valence-corrected chi connectivity index (χ3v) is 6.11. The highest BCUT2D eigenvalue weighted by molar-refractivity contribution is 8.18. The van der Waals surface area contributed by atoms with E-state index < -0.39 is 4.92 Å². The van der Waals surface area contributed by atoms with E-state index in [1.165, 1.54) is 35.2 Å². The first kappa shape index (κ1) is 20.0. The van der Waals surface area contributed by atoms with Crippen LogP contribution in [0, 0.1) is 10.1 Å². The molecule has 1 fully saturated rings. The van der Waals surface area contributed by atoms with Crippen LogP contribution in [0.25, 0.3) is 17.3 Å². The van der Waals surface area contributed by atoms with Crippen molar-refractivity contribution in [1.82, 2.24) is 10.3 Å². The van der Waals surface area contributed by atoms with E-state index in [1.807, 2.05) is 12.1 Å². The number of hydrogen-bond acceptors (Lipinski definition) is 10. The number of nitro groups is 1. The van der Waals surface area contributed by atoms with E-state index in [1.54, 1.807) is 29.7 Å². The highest BCUT2D eigenvalue weighted by atomic mass is 32.2. The molecule has 0 saturated carbocycles. The van der Waals surface area contributed by atoms with Gasteiger partial charge >= 0.3 is 0 Å². The van der Waals surface area contributed by atoms with Crippen molar-refractivity contribution in [1.29, 1.82) is 0 Å².